The number of hydrogen-bond donors (Lipinski definition) is 1. The van der Waals surface area contributed by atoms with Gasteiger partial charge in [-0.05, 0) is 51.4 Å². The second-order valence-electron chi connectivity index (χ2n) is 5.00. The molecule has 0 spiro atoms. The number of hydrogen-bond acceptors (Lipinski definition) is 2. The fraction of sp³-hybridized carbons (Fsp3) is 0.538. The Balaban J connectivity index is 2.39. The van der Waals surface area contributed by atoms with Gasteiger partial charge in [0.1, 0.15) is 5.75 Å². The summed E-state index contributed by atoms with van der Waals surface area (Å²) in [5, 5.41) is 0. The first kappa shape index (κ1) is 11.9. The smallest absolute Gasteiger partial charge is 0.136 e. The molecule has 0 radical (unpaired) electrons. The van der Waals surface area contributed by atoms with Crippen LogP contribution in [0.1, 0.15) is 25.3 Å². The predicted octanol–water partition coefficient (Wildman–Crippen LogP) is 3.16. The van der Waals surface area contributed by atoms with E-state index in [9.17, 15) is 0 Å². The Hall–Kier alpha value is -0.540. The van der Waals surface area contributed by atoms with Crippen LogP contribution in [0.4, 0.5) is 0 Å². The minimum absolute atomic E-state index is 0.294. The molecular formula is C13H18BrNO. The maximum Gasteiger partial charge on any atom is 0.136 e. The van der Waals surface area contributed by atoms with Crippen molar-refractivity contribution in [2.24, 2.45) is 17.1 Å². The van der Waals surface area contributed by atoms with Crippen molar-refractivity contribution in [3.05, 3.63) is 28.2 Å². The summed E-state index contributed by atoms with van der Waals surface area (Å²) in [5.74, 6) is 2.04. The summed E-state index contributed by atoms with van der Waals surface area (Å²) in [7, 11) is 1.72. The van der Waals surface area contributed by atoms with E-state index in [0.29, 0.717) is 17.3 Å². The van der Waals surface area contributed by atoms with Crippen LogP contribution in [-0.2, 0) is 0 Å². The summed E-state index contributed by atoms with van der Waals surface area (Å²) < 4.78 is 6.50. The molecule has 1 fully saturated rings. The summed E-state index contributed by atoms with van der Waals surface area (Å²) in [6.07, 6.45) is 0. The molecule has 1 saturated carbocycles. The maximum atomic E-state index is 5.81. The largest absolute Gasteiger partial charge is 0.495 e. The number of methoxy groups -OCH3 is 1. The summed E-state index contributed by atoms with van der Waals surface area (Å²) in [6.45, 7) is 5.29. The van der Waals surface area contributed by atoms with Gasteiger partial charge in [0.05, 0.1) is 11.6 Å². The molecule has 1 aromatic rings. The predicted molar refractivity (Wildman–Crippen MR) is 69.8 cm³/mol. The molecule has 2 nitrogen and oxygen atoms in total. The van der Waals surface area contributed by atoms with Crippen molar-refractivity contribution in [2.75, 3.05) is 13.7 Å². The van der Waals surface area contributed by atoms with Crippen LogP contribution < -0.4 is 10.5 Å². The molecule has 2 N–H and O–H groups in total. The molecule has 3 heteroatoms. The average molecular weight is 284 g/mol. The van der Waals surface area contributed by atoms with Gasteiger partial charge < -0.3 is 10.5 Å². The standard InChI is InChI=1S/C13H18BrNO/c1-13(2)9(7-15)11(13)8-5-4-6-10(14)12(8)16-3/h4-6,9,11H,7,15H2,1-3H3. The minimum atomic E-state index is 0.294. The Bertz CT molecular complexity index is 403. The van der Waals surface area contributed by atoms with Gasteiger partial charge in [-0.2, -0.15) is 0 Å². The highest BCUT2D eigenvalue weighted by molar-refractivity contribution is 9.10. The second-order valence-corrected chi connectivity index (χ2v) is 5.86. The molecule has 2 atom stereocenters. The zero-order valence-corrected chi connectivity index (χ0v) is 11.5. The molecule has 2 rings (SSSR count). The molecule has 16 heavy (non-hydrogen) atoms. The highest BCUT2D eigenvalue weighted by atomic mass is 79.9. The van der Waals surface area contributed by atoms with Crippen LogP contribution >= 0.6 is 15.9 Å². The number of benzene rings is 1. The summed E-state index contributed by atoms with van der Waals surface area (Å²) in [5.41, 5.74) is 7.38. The number of nitrogens with two attached hydrogens (primary N) is 1. The highest BCUT2D eigenvalue weighted by Gasteiger charge is 2.58. The zero-order chi connectivity index (χ0) is 11.9. The highest BCUT2D eigenvalue weighted by Crippen LogP contribution is 2.65. The van der Waals surface area contributed by atoms with E-state index < -0.39 is 0 Å². The van der Waals surface area contributed by atoms with Crippen molar-refractivity contribution < 1.29 is 4.74 Å². The molecule has 0 bridgehead atoms. The third-order valence-electron chi connectivity index (χ3n) is 3.84. The number of halogens is 1. The lowest BCUT2D eigenvalue weighted by Gasteiger charge is -2.11. The first-order valence-corrected chi connectivity index (χ1v) is 6.35. The lowest BCUT2D eigenvalue weighted by Crippen LogP contribution is -2.05. The number of para-hydroxylation sites is 1. The van der Waals surface area contributed by atoms with Crippen LogP contribution in [0, 0.1) is 11.3 Å². The van der Waals surface area contributed by atoms with Gasteiger partial charge in [-0.3, -0.25) is 0 Å². The monoisotopic (exact) mass is 283 g/mol. The second kappa shape index (κ2) is 4.04. The molecule has 0 aromatic heterocycles. The van der Waals surface area contributed by atoms with Crippen LogP contribution in [0.25, 0.3) is 0 Å². The van der Waals surface area contributed by atoms with E-state index in [0.717, 1.165) is 16.8 Å². The fourth-order valence-electron chi connectivity index (χ4n) is 2.79. The molecule has 0 amide bonds. The van der Waals surface area contributed by atoms with Crippen molar-refractivity contribution in [2.45, 2.75) is 19.8 Å². The van der Waals surface area contributed by atoms with Crippen LogP contribution in [0.3, 0.4) is 0 Å². The summed E-state index contributed by atoms with van der Waals surface area (Å²) in [4.78, 5) is 0. The Kier molecular flexibility index (Phi) is 3.01. The lowest BCUT2D eigenvalue weighted by molar-refractivity contribution is 0.405. The van der Waals surface area contributed by atoms with E-state index in [1.807, 2.05) is 6.07 Å². The van der Waals surface area contributed by atoms with Gasteiger partial charge in [-0.1, -0.05) is 26.0 Å². The first-order chi connectivity index (χ1) is 7.54. The lowest BCUT2D eigenvalue weighted by atomic mass is 10.0. The van der Waals surface area contributed by atoms with Gasteiger partial charge in [0.2, 0.25) is 0 Å². The topological polar surface area (TPSA) is 35.2 Å². The van der Waals surface area contributed by atoms with Gasteiger partial charge >= 0.3 is 0 Å². The van der Waals surface area contributed by atoms with Crippen LogP contribution in [0.15, 0.2) is 22.7 Å². The molecule has 0 saturated heterocycles. The Morgan fingerprint density at radius 2 is 2.12 bits per heavy atom. The Morgan fingerprint density at radius 3 is 2.62 bits per heavy atom. The van der Waals surface area contributed by atoms with Crippen molar-refractivity contribution in [1.29, 1.82) is 0 Å². The molecule has 0 heterocycles. The third kappa shape index (κ3) is 1.66. The van der Waals surface area contributed by atoms with Gasteiger partial charge in [-0.15, -0.1) is 0 Å². The van der Waals surface area contributed by atoms with Crippen molar-refractivity contribution in [3.8, 4) is 5.75 Å². The maximum absolute atomic E-state index is 5.81. The molecule has 1 aliphatic rings. The van der Waals surface area contributed by atoms with Gasteiger partial charge in [0.25, 0.3) is 0 Å². The van der Waals surface area contributed by atoms with Crippen molar-refractivity contribution >= 4 is 15.9 Å². The van der Waals surface area contributed by atoms with E-state index in [2.05, 4.69) is 41.9 Å². The van der Waals surface area contributed by atoms with Gasteiger partial charge in [0, 0.05) is 0 Å². The number of ether oxygens (including phenoxy) is 1. The normalized spacial score (nSPS) is 26.6. The first-order valence-electron chi connectivity index (χ1n) is 5.56. The molecular weight excluding hydrogens is 266 g/mol. The van der Waals surface area contributed by atoms with Crippen LogP contribution in [0.5, 0.6) is 5.75 Å². The molecule has 1 aliphatic carbocycles. The third-order valence-corrected chi connectivity index (χ3v) is 4.47. The molecule has 88 valence electrons. The van der Waals surface area contributed by atoms with E-state index in [4.69, 9.17) is 10.5 Å². The van der Waals surface area contributed by atoms with E-state index in [-0.39, 0.29) is 0 Å². The van der Waals surface area contributed by atoms with Gasteiger partial charge in [-0.25, -0.2) is 0 Å². The minimum Gasteiger partial charge on any atom is -0.495 e. The van der Waals surface area contributed by atoms with Gasteiger partial charge in [0.15, 0.2) is 0 Å². The summed E-state index contributed by atoms with van der Waals surface area (Å²) in [6, 6.07) is 6.21. The van der Waals surface area contributed by atoms with Crippen molar-refractivity contribution in [1.82, 2.24) is 0 Å². The van der Waals surface area contributed by atoms with E-state index >= 15 is 0 Å². The SMILES string of the molecule is COc1c(Br)cccc1C1C(CN)C1(C)C. The van der Waals surface area contributed by atoms with E-state index in [1.54, 1.807) is 7.11 Å². The molecule has 2 unspecified atom stereocenters. The van der Waals surface area contributed by atoms with E-state index in [1.165, 1.54) is 5.56 Å². The molecule has 1 aromatic carbocycles. The Labute approximate surface area is 105 Å². The zero-order valence-electron chi connectivity index (χ0n) is 9.96. The van der Waals surface area contributed by atoms with Crippen molar-refractivity contribution in [3.63, 3.8) is 0 Å². The quantitative estimate of drug-likeness (QED) is 0.925. The van der Waals surface area contributed by atoms with Crippen LogP contribution in [-0.4, -0.2) is 13.7 Å². The Morgan fingerprint density at radius 1 is 1.44 bits per heavy atom. The van der Waals surface area contributed by atoms with Crippen LogP contribution in [0.2, 0.25) is 0 Å². The number of rotatable bonds is 3. The fourth-order valence-corrected chi connectivity index (χ4v) is 3.33. The molecule has 0 aliphatic heterocycles. The summed E-state index contributed by atoms with van der Waals surface area (Å²) >= 11 is 3.53. The average Bonchev–Trinajstić information content (AvgIpc) is 2.79.